The molecule has 5 heteroatoms. The Labute approximate surface area is 122 Å². The van der Waals surface area contributed by atoms with Crippen molar-refractivity contribution < 1.29 is 13.6 Å². The van der Waals surface area contributed by atoms with E-state index in [0.29, 0.717) is 4.47 Å². The van der Waals surface area contributed by atoms with Crippen LogP contribution in [0.2, 0.25) is 5.02 Å². The van der Waals surface area contributed by atoms with Crippen molar-refractivity contribution in [2.75, 3.05) is 0 Å². The summed E-state index contributed by atoms with van der Waals surface area (Å²) in [6.45, 7) is 1.43. The molecule has 0 amide bonds. The Kier molecular flexibility index (Phi) is 4.02. The van der Waals surface area contributed by atoms with Gasteiger partial charge in [-0.2, -0.15) is 0 Å². The number of carbonyl (C=O) groups is 1. The van der Waals surface area contributed by atoms with Crippen LogP contribution in [0.4, 0.5) is 8.78 Å². The quantitative estimate of drug-likeness (QED) is 0.706. The van der Waals surface area contributed by atoms with Gasteiger partial charge in [0.1, 0.15) is 0 Å². The smallest absolute Gasteiger partial charge is 0.197 e. The average Bonchev–Trinajstić information content (AvgIpc) is 2.39. The van der Waals surface area contributed by atoms with Crippen molar-refractivity contribution in [3.63, 3.8) is 0 Å². The Morgan fingerprint density at radius 2 is 1.79 bits per heavy atom. The molecular weight excluding hydrogens is 338 g/mol. The fourth-order valence-corrected chi connectivity index (χ4v) is 2.22. The molecule has 0 fully saturated rings. The van der Waals surface area contributed by atoms with Gasteiger partial charge in [-0.1, -0.05) is 23.7 Å². The molecular formula is C14H8BrClF2O. The van der Waals surface area contributed by atoms with Gasteiger partial charge < -0.3 is 0 Å². The number of hydrogen-bond donors (Lipinski definition) is 0. The van der Waals surface area contributed by atoms with E-state index in [0.717, 1.165) is 0 Å². The van der Waals surface area contributed by atoms with Crippen molar-refractivity contribution in [1.82, 2.24) is 0 Å². The lowest BCUT2D eigenvalue weighted by molar-refractivity contribution is 0.103. The predicted molar refractivity (Wildman–Crippen MR) is 73.7 cm³/mol. The number of rotatable bonds is 2. The van der Waals surface area contributed by atoms with Gasteiger partial charge in [0.2, 0.25) is 0 Å². The number of benzene rings is 2. The molecule has 0 atom stereocenters. The van der Waals surface area contributed by atoms with Gasteiger partial charge >= 0.3 is 0 Å². The van der Waals surface area contributed by atoms with Crippen LogP contribution in [0, 0.1) is 18.6 Å². The van der Waals surface area contributed by atoms with Crippen LogP contribution in [-0.2, 0) is 0 Å². The molecule has 0 unspecified atom stereocenters. The zero-order valence-corrected chi connectivity index (χ0v) is 12.1. The molecule has 0 heterocycles. The van der Waals surface area contributed by atoms with Crippen molar-refractivity contribution in [2.24, 2.45) is 0 Å². The standard InChI is InChI=1S/C14H8BrClF2O/c1-7-5-6-9(13(18)12(7)17)14(19)8-3-2-4-10(15)11(8)16/h2-6H,1H3. The Bertz CT molecular complexity index is 671. The Morgan fingerprint density at radius 1 is 1.11 bits per heavy atom. The molecule has 0 N–H and O–H groups in total. The van der Waals surface area contributed by atoms with E-state index < -0.39 is 17.4 Å². The summed E-state index contributed by atoms with van der Waals surface area (Å²) in [5.41, 5.74) is -0.0596. The highest BCUT2D eigenvalue weighted by atomic mass is 79.9. The monoisotopic (exact) mass is 344 g/mol. The third-order valence-corrected chi connectivity index (χ3v) is 4.01. The summed E-state index contributed by atoms with van der Waals surface area (Å²) in [5, 5.41) is 0.174. The van der Waals surface area contributed by atoms with Crippen molar-refractivity contribution in [3.8, 4) is 0 Å². The molecule has 2 aromatic carbocycles. The van der Waals surface area contributed by atoms with Gasteiger partial charge in [-0.15, -0.1) is 0 Å². The predicted octanol–water partition coefficient (Wildman–Crippen LogP) is 4.92. The summed E-state index contributed by atoms with van der Waals surface area (Å²) in [5.74, 6) is -2.82. The highest BCUT2D eigenvalue weighted by molar-refractivity contribution is 9.10. The van der Waals surface area contributed by atoms with Crippen LogP contribution in [0.25, 0.3) is 0 Å². The normalized spacial score (nSPS) is 10.6. The first-order valence-electron chi connectivity index (χ1n) is 5.36. The van der Waals surface area contributed by atoms with Crippen LogP contribution in [0.1, 0.15) is 21.5 Å². The molecule has 98 valence electrons. The van der Waals surface area contributed by atoms with Gasteiger partial charge in [0.15, 0.2) is 17.4 Å². The molecule has 19 heavy (non-hydrogen) atoms. The zero-order valence-electron chi connectivity index (χ0n) is 9.81. The van der Waals surface area contributed by atoms with Gasteiger partial charge in [0.05, 0.1) is 10.6 Å². The first-order chi connectivity index (χ1) is 8.93. The highest BCUT2D eigenvalue weighted by Crippen LogP contribution is 2.29. The molecule has 2 aromatic rings. The topological polar surface area (TPSA) is 17.1 Å². The van der Waals surface area contributed by atoms with E-state index in [9.17, 15) is 13.6 Å². The van der Waals surface area contributed by atoms with Gasteiger partial charge in [0, 0.05) is 10.0 Å². The molecule has 0 aromatic heterocycles. The van der Waals surface area contributed by atoms with E-state index in [1.54, 1.807) is 12.1 Å². The second-order valence-electron chi connectivity index (χ2n) is 3.99. The van der Waals surface area contributed by atoms with Crippen LogP contribution in [-0.4, -0.2) is 5.78 Å². The highest BCUT2D eigenvalue weighted by Gasteiger charge is 2.21. The maximum absolute atomic E-state index is 13.8. The van der Waals surface area contributed by atoms with Crippen LogP contribution in [0.3, 0.4) is 0 Å². The minimum absolute atomic E-state index is 0.123. The number of ketones is 1. The summed E-state index contributed by atoms with van der Waals surface area (Å²) < 4.78 is 27.8. The lowest BCUT2D eigenvalue weighted by Crippen LogP contribution is -2.07. The van der Waals surface area contributed by atoms with Gasteiger partial charge in [-0.05, 0) is 46.6 Å². The Morgan fingerprint density at radius 3 is 2.47 bits per heavy atom. The van der Waals surface area contributed by atoms with Crippen molar-refractivity contribution in [2.45, 2.75) is 6.92 Å². The van der Waals surface area contributed by atoms with Crippen molar-refractivity contribution >= 4 is 33.3 Å². The fraction of sp³-hybridized carbons (Fsp3) is 0.0714. The minimum Gasteiger partial charge on any atom is -0.288 e. The number of halogens is 4. The van der Waals surface area contributed by atoms with E-state index in [2.05, 4.69) is 15.9 Å². The van der Waals surface area contributed by atoms with Crippen molar-refractivity contribution in [3.05, 3.63) is 68.2 Å². The Balaban J connectivity index is 2.57. The molecule has 0 bridgehead atoms. The lowest BCUT2D eigenvalue weighted by Gasteiger charge is -2.07. The van der Waals surface area contributed by atoms with Crippen molar-refractivity contribution in [1.29, 1.82) is 0 Å². The SMILES string of the molecule is Cc1ccc(C(=O)c2cccc(Br)c2Cl)c(F)c1F. The largest absolute Gasteiger partial charge is 0.288 e. The minimum atomic E-state index is -1.15. The average molecular weight is 346 g/mol. The molecule has 0 aliphatic rings. The third kappa shape index (κ3) is 2.55. The van der Waals surface area contributed by atoms with Crippen LogP contribution >= 0.6 is 27.5 Å². The maximum Gasteiger partial charge on any atom is 0.197 e. The lowest BCUT2D eigenvalue weighted by atomic mass is 10.0. The van der Waals surface area contributed by atoms with Crippen LogP contribution in [0.5, 0.6) is 0 Å². The van der Waals surface area contributed by atoms with E-state index in [-0.39, 0.29) is 21.7 Å². The van der Waals surface area contributed by atoms with Gasteiger partial charge in [-0.25, -0.2) is 8.78 Å². The van der Waals surface area contributed by atoms with Crippen LogP contribution in [0.15, 0.2) is 34.8 Å². The first kappa shape index (κ1) is 14.2. The summed E-state index contributed by atoms with van der Waals surface area (Å²) in [7, 11) is 0. The summed E-state index contributed by atoms with van der Waals surface area (Å²) in [4.78, 5) is 12.2. The zero-order chi connectivity index (χ0) is 14.2. The molecule has 0 radical (unpaired) electrons. The van der Waals surface area contributed by atoms with Gasteiger partial charge in [0.25, 0.3) is 0 Å². The third-order valence-electron chi connectivity index (χ3n) is 2.72. The number of carbonyl (C=O) groups excluding carboxylic acids is 1. The van der Waals surface area contributed by atoms with E-state index in [1.165, 1.54) is 25.1 Å². The van der Waals surface area contributed by atoms with E-state index in [4.69, 9.17) is 11.6 Å². The molecule has 0 saturated carbocycles. The second-order valence-corrected chi connectivity index (χ2v) is 5.22. The van der Waals surface area contributed by atoms with Gasteiger partial charge in [-0.3, -0.25) is 4.79 Å². The molecule has 0 saturated heterocycles. The second kappa shape index (κ2) is 5.39. The Hall–Kier alpha value is -1.26. The molecule has 0 spiro atoms. The fourth-order valence-electron chi connectivity index (χ4n) is 1.65. The van der Waals surface area contributed by atoms with Crippen LogP contribution < -0.4 is 0 Å². The summed E-state index contributed by atoms with van der Waals surface area (Å²) in [6.07, 6.45) is 0. The summed E-state index contributed by atoms with van der Waals surface area (Å²) in [6, 6.07) is 7.34. The molecule has 2 rings (SSSR count). The number of aryl methyl sites for hydroxylation is 1. The summed E-state index contributed by atoms with van der Waals surface area (Å²) >= 11 is 9.16. The maximum atomic E-state index is 13.8. The number of hydrogen-bond acceptors (Lipinski definition) is 1. The van der Waals surface area contributed by atoms with E-state index >= 15 is 0 Å². The first-order valence-corrected chi connectivity index (χ1v) is 6.54. The molecule has 0 aliphatic heterocycles. The molecule has 0 aliphatic carbocycles. The van der Waals surface area contributed by atoms with E-state index in [1.807, 2.05) is 0 Å². The molecule has 1 nitrogen and oxygen atoms in total.